The summed E-state index contributed by atoms with van der Waals surface area (Å²) in [6.45, 7) is 5.56. The molecule has 2 N–H and O–H groups in total. The molecule has 4 heteroatoms. The lowest BCUT2D eigenvalue weighted by molar-refractivity contribution is 0.142. The lowest BCUT2D eigenvalue weighted by atomic mass is 9.88. The normalized spacial score (nSPS) is 27.3. The molecule has 102 valence electrons. The number of fused-ring (bicyclic) bond motifs is 1. The number of nitrogens with zero attached hydrogens (tertiary/aromatic N) is 2. The van der Waals surface area contributed by atoms with Gasteiger partial charge in [-0.2, -0.15) is 0 Å². The Hall–Kier alpha value is -1.13. The van der Waals surface area contributed by atoms with Gasteiger partial charge in [-0.1, -0.05) is 30.3 Å². The molecule has 2 aliphatic heterocycles. The Labute approximate surface area is 120 Å². The molecule has 0 aromatic heterocycles. The first-order valence-electron chi connectivity index (χ1n) is 7.03. The Morgan fingerprint density at radius 1 is 1.16 bits per heavy atom. The second-order valence-corrected chi connectivity index (χ2v) is 6.19. The standard InChI is InChI=1S/C15H21N3S/c16-15(19)18-10-13-6-7-17(9-14(13)11-18)8-12-4-2-1-3-5-12/h1-5,13-14H,6-11H2,(H2,16,19). The lowest BCUT2D eigenvalue weighted by Gasteiger charge is -2.34. The fraction of sp³-hybridized carbons (Fsp3) is 0.533. The summed E-state index contributed by atoms with van der Waals surface area (Å²) in [7, 11) is 0. The van der Waals surface area contributed by atoms with Gasteiger partial charge in [0.15, 0.2) is 5.11 Å². The highest BCUT2D eigenvalue weighted by Gasteiger charge is 2.37. The SMILES string of the molecule is NC(=S)N1CC2CCN(Cc3ccccc3)CC2C1. The Morgan fingerprint density at radius 2 is 1.89 bits per heavy atom. The van der Waals surface area contributed by atoms with Gasteiger partial charge in [-0.25, -0.2) is 0 Å². The average Bonchev–Trinajstić information content (AvgIpc) is 2.83. The monoisotopic (exact) mass is 275 g/mol. The largest absolute Gasteiger partial charge is 0.376 e. The van der Waals surface area contributed by atoms with Gasteiger partial charge < -0.3 is 10.6 Å². The third-order valence-corrected chi connectivity index (χ3v) is 4.70. The summed E-state index contributed by atoms with van der Waals surface area (Å²) in [5.41, 5.74) is 7.16. The number of nitrogens with two attached hydrogens (primary N) is 1. The van der Waals surface area contributed by atoms with Crippen LogP contribution in [-0.2, 0) is 6.54 Å². The van der Waals surface area contributed by atoms with Crippen LogP contribution in [0, 0.1) is 11.8 Å². The van der Waals surface area contributed by atoms with Crippen molar-refractivity contribution in [2.24, 2.45) is 17.6 Å². The van der Waals surface area contributed by atoms with Gasteiger partial charge in [0.05, 0.1) is 0 Å². The van der Waals surface area contributed by atoms with Crippen molar-refractivity contribution in [1.82, 2.24) is 9.80 Å². The number of thiocarbonyl (C=S) groups is 1. The highest BCUT2D eigenvalue weighted by Crippen LogP contribution is 2.31. The molecule has 2 heterocycles. The average molecular weight is 275 g/mol. The Morgan fingerprint density at radius 3 is 2.63 bits per heavy atom. The fourth-order valence-corrected chi connectivity index (χ4v) is 3.56. The van der Waals surface area contributed by atoms with Gasteiger partial charge in [-0.15, -0.1) is 0 Å². The molecule has 2 fully saturated rings. The molecule has 19 heavy (non-hydrogen) atoms. The first-order valence-corrected chi connectivity index (χ1v) is 7.44. The molecular weight excluding hydrogens is 254 g/mol. The Kier molecular flexibility index (Phi) is 3.71. The van der Waals surface area contributed by atoms with E-state index in [9.17, 15) is 0 Å². The topological polar surface area (TPSA) is 32.5 Å². The second-order valence-electron chi connectivity index (χ2n) is 5.77. The number of piperidine rings is 1. The van der Waals surface area contributed by atoms with E-state index in [0.717, 1.165) is 31.5 Å². The lowest BCUT2D eigenvalue weighted by Crippen LogP contribution is -2.39. The number of likely N-dealkylation sites (tertiary alicyclic amines) is 2. The summed E-state index contributed by atoms with van der Waals surface area (Å²) in [5.74, 6) is 1.52. The zero-order chi connectivity index (χ0) is 13.2. The van der Waals surface area contributed by atoms with Crippen molar-refractivity contribution in [3.63, 3.8) is 0 Å². The summed E-state index contributed by atoms with van der Waals surface area (Å²) >= 11 is 5.10. The summed E-state index contributed by atoms with van der Waals surface area (Å²) < 4.78 is 0. The van der Waals surface area contributed by atoms with Crippen molar-refractivity contribution in [2.75, 3.05) is 26.2 Å². The first kappa shape index (κ1) is 12.9. The van der Waals surface area contributed by atoms with Crippen LogP contribution in [0.3, 0.4) is 0 Å². The minimum Gasteiger partial charge on any atom is -0.376 e. The number of rotatable bonds is 2. The molecular formula is C15H21N3S. The van der Waals surface area contributed by atoms with Crippen LogP contribution in [-0.4, -0.2) is 41.1 Å². The smallest absolute Gasteiger partial charge is 0.166 e. The molecule has 1 aromatic carbocycles. The molecule has 0 saturated carbocycles. The molecule has 3 rings (SSSR count). The summed E-state index contributed by atoms with van der Waals surface area (Å²) in [6, 6.07) is 10.7. The van der Waals surface area contributed by atoms with E-state index in [2.05, 4.69) is 40.1 Å². The first-order chi connectivity index (χ1) is 9.22. The van der Waals surface area contributed by atoms with E-state index in [0.29, 0.717) is 5.11 Å². The summed E-state index contributed by atoms with van der Waals surface area (Å²) in [4.78, 5) is 4.75. The number of hydrogen-bond donors (Lipinski definition) is 1. The van der Waals surface area contributed by atoms with Gasteiger partial charge in [0.25, 0.3) is 0 Å². The molecule has 1 aromatic rings. The molecule has 0 amide bonds. The van der Waals surface area contributed by atoms with Crippen LogP contribution in [0.2, 0.25) is 0 Å². The van der Waals surface area contributed by atoms with Crippen LogP contribution in [0.15, 0.2) is 30.3 Å². The van der Waals surface area contributed by atoms with Gasteiger partial charge in [-0.05, 0) is 42.6 Å². The van der Waals surface area contributed by atoms with Crippen LogP contribution >= 0.6 is 12.2 Å². The second kappa shape index (κ2) is 5.47. The van der Waals surface area contributed by atoms with Crippen LogP contribution in [0.1, 0.15) is 12.0 Å². The van der Waals surface area contributed by atoms with Crippen molar-refractivity contribution in [3.8, 4) is 0 Å². The Bertz CT molecular complexity index is 448. The van der Waals surface area contributed by atoms with E-state index in [4.69, 9.17) is 18.0 Å². The predicted octanol–water partition coefficient (Wildman–Crippen LogP) is 1.68. The van der Waals surface area contributed by atoms with Gasteiger partial charge in [0.1, 0.15) is 0 Å². The highest BCUT2D eigenvalue weighted by atomic mass is 32.1. The number of benzene rings is 1. The molecule has 2 aliphatic rings. The van der Waals surface area contributed by atoms with Crippen molar-refractivity contribution >= 4 is 17.3 Å². The summed E-state index contributed by atoms with van der Waals surface area (Å²) in [5, 5.41) is 0.573. The minimum absolute atomic E-state index is 0.573. The fourth-order valence-electron chi connectivity index (χ4n) is 3.41. The molecule has 2 saturated heterocycles. The third kappa shape index (κ3) is 2.90. The van der Waals surface area contributed by atoms with Crippen molar-refractivity contribution in [1.29, 1.82) is 0 Å². The van der Waals surface area contributed by atoms with Crippen molar-refractivity contribution < 1.29 is 0 Å². The van der Waals surface area contributed by atoms with E-state index in [1.807, 2.05) is 0 Å². The molecule has 2 atom stereocenters. The molecule has 0 radical (unpaired) electrons. The van der Waals surface area contributed by atoms with E-state index in [-0.39, 0.29) is 0 Å². The number of hydrogen-bond acceptors (Lipinski definition) is 2. The van der Waals surface area contributed by atoms with E-state index in [1.165, 1.54) is 25.1 Å². The van der Waals surface area contributed by atoms with E-state index < -0.39 is 0 Å². The van der Waals surface area contributed by atoms with Gasteiger partial charge in [0.2, 0.25) is 0 Å². The van der Waals surface area contributed by atoms with Gasteiger partial charge >= 0.3 is 0 Å². The molecule has 3 nitrogen and oxygen atoms in total. The van der Waals surface area contributed by atoms with Crippen LogP contribution in [0.4, 0.5) is 0 Å². The highest BCUT2D eigenvalue weighted by molar-refractivity contribution is 7.80. The molecule has 0 bridgehead atoms. The molecule has 0 spiro atoms. The zero-order valence-electron chi connectivity index (χ0n) is 11.2. The maximum Gasteiger partial charge on any atom is 0.166 e. The van der Waals surface area contributed by atoms with E-state index in [1.54, 1.807) is 0 Å². The van der Waals surface area contributed by atoms with Crippen LogP contribution in [0.5, 0.6) is 0 Å². The van der Waals surface area contributed by atoms with Crippen LogP contribution < -0.4 is 5.73 Å². The maximum absolute atomic E-state index is 5.75. The van der Waals surface area contributed by atoms with E-state index >= 15 is 0 Å². The van der Waals surface area contributed by atoms with Crippen molar-refractivity contribution in [2.45, 2.75) is 13.0 Å². The molecule has 2 unspecified atom stereocenters. The molecule has 0 aliphatic carbocycles. The van der Waals surface area contributed by atoms with Gasteiger partial charge in [0, 0.05) is 26.2 Å². The zero-order valence-corrected chi connectivity index (χ0v) is 12.0. The van der Waals surface area contributed by atoms with Crippen LogP contribution in [0.25, 0.3) is 0 Å². The summed E-state index contributed by atoms with van der Waals surface area (Å²) in [6.07, 6.45) is 1.27. The predicted molar refractivity (Wildman–Crippen MR) is 81.7 cm³/mol. The van der Waals surface area contributed by atoms with Gasteiger partial charge in [-0.3, -0.25) is 4.90 Å². The maximum atomic E-state index is 5.75. The minimum atomic E-state index is 0.573. The Balaban J connectivity index is 1.59. The van der Waals surface area contributed by atoms with Crippen molar-refractivity contribution in [3.05, 3.63) is 35.9 Å². The third-order valence-electron chi connectivity index (χ3n) is 4.45. The quantitative estimate of drug-likeness (QED) is 0.833.